The number of nitrogens with one attached hydrogen (secondary N) is 1. The molecule has 0 unspecified atom stereocenters. The molecule has 0 bridgehead atoms. The molecule has 2 aromatic carbocycles. The molecule has 0 saturated heterocycles. The van der Waals surface area contributed by atoms with Gasteiger partial charge < -0.3 is 15.4 Å². The number of hydrogen-bond donors (Lipinski definition) is 2. The molecule has 2 aromatic heterocycles. The van der Waals surface area contributed by atoms with Gasteiger partial charge in [-0.05, 0) is 60.0 Å². The number of allylic oxidation sites excluding steroid dienone is 1. The van der Waals surface area contributed by atoms with E-state index in [1.165, 1.54) is 18.3 Å². The van der Waals surface area contributed by atoms with Crippen LogP contribution in [0, 0.1) is 5.95 Å². The van der Waals surface area contributed by atoms with E-state index in [1.807, 2.05) is 11.9 Å². The zero-order valence-corrected chi connectivity index (χ0v) is 22.3. The van der Waals surface area contributed by atoms with Crippen LogP contribution in [0.15, 0.2) is 79.0 Å². The van der Waals surface area contributed by atoms with Gasteiger partial charge in [0.1, 0.15) is 6.61 Å². The lowest BCUT2D eigenvalue weighted by Gasteiger charge is -2.19. The first-order valence-corrected chi connectivity index (χ1v) is 12.8. The largest absolute Gasteiger partial charge is 0.476 e. The number of ether oxygens (including phenoxy) is 1. The topological polar surface area (TPSA) is 97.1 Å². The van der Waals surface area contributed by atoms with Gasteiger partial charge in [-0.3, -0.25) is 9.89 Å². The van der Waals surface area contributed by atoms with Crippen LogP contribution in [0.1, 0.15) is 29.5 Å². The number of pyridine rings is 1. The maximum atomic E-state index is 14.4. The number of nitrogens with zero attached hydrogens (tertiary/aromatic N) is 3. The molecule has 0 atom stereocenters. The van der Waals surface area contributed by atoms with E-state index in [0.717, 1.165) is 0 Å². The third-order valence-electron chi connectivity index (χ3n) is 6.31. The zero-order valence-electron chi connectivity index (χ0n) is 22.3. The highest BCUT2D eigenvalue weighted by molar-refractivity contribution is 6.00. The van der Waals surface area contributed by atoms with E-state index in [1.54, 1.807) is 60.7 Å². The molecule has 0 fully saturated rings. The van der Waals surface area contributed by atoms with Gasteiger partial charge in [-0.1, -0.05) is 42.5 Å². The highest BCUT2D eigenvalue weighted by atomic mass is 19.4. The third-order valence-corrected chi connectivity index (χ3v) is 6.31. The molecule has 41 heavy (non-hydrogen) atoms. The fourth-order valence-corrected chi connectivity index (χ4v) is 4.35. The Balaban J connectivity index is 1.63. The minimum atomic E-state index is -4.50. The van der Waals surface area contributed by atoms with Crippen LogP contribution in [0.3, 0.4) is 0 Å². The molecule has 214 valence electrons. The van der Waals surface area contributed by atoms with Crippen LogP contribution in [-0.2, 0) is 4.79 Å². The summed E-state index contributed by atoms with van der Waals surface area (Å²) in [4.78, 5) is 17.1. The Morgan fingerprint density at radius 3 is 2.49 bits per heavy atom. The van der Waals surface area contributed by atoms with Gasteiger partial charge >= 0.3 is 6.18 Å². The minimum Gasteiger partial charge on any atom is -0.476 e. The second-order valence-corrected chi connectivity index (χ2v) is 9.41. The van der Waals surface area contributed by atoms with Crippen LogP contribution < -0.4 is 10.5 Å². The molecule has 0 aliphatic carbocycles. The maximum absolute atomic E-state index is 14.4. The molecule has 0 aliphatic heterocycles. The van der Waals surface area contributed by atoms with Gasteiger partial charge in [-0.25, -0.2) is 4.98 Å². The first-order chi connectivity index (χ1) is 19.6. The summed E-state index contributed by atoms with van der Waals surface area (Å²) in [5.41, 5.74) is 6.94. The molecule has 3 N–H and O–H groups in total. The normalized spacial score (nSPS) is 12.7. The summed E-state index contributed by atoms with van der Waals surface area (Å²) in [7, 11) is 1.90. The SMILES string of the molecule is CN(CC/C=C/C(N)=O)CCOc1ccc(/C(=C(/CC(F)(F)F)c2ccccc2)c2ccc3n[nH]c(F)c3c2)cn1. The number of benzene rings is 2. The average Bonchev–Trinajstić information content (AvgIpc) is 3.31. The third kappa shape index (κ3) is 8.24. The van der Waals surface area contributed by atoms with Gasteiger partial charge in [0, 0.05) is 30.9 Å². The van der Waals surface area contributed by atoms with Crippen LogP contribution in [0.25, 0.3) is 22.0 Å². The Morgan fingerprint density at radius 2 is 1.80 bits per heavy atom. The van der Waals surface area contributed by atoms with E-state index in [-0.39, 0.29) is 16.5 Å². The number of carbonyl (C=O) groups is 1. The summed E-state index contributed by atoms with van der Waals surface area (Å²) in [6.45, 7) is 1.60. The predicted molar refractivity (Wildman–Crippen MR) is 149 cm³/mol. The smallest absolute Gasteiger partial charge is 0.393 e. The Labute approximate surface area is 234 Å². The van der Waals surface area contributed by atoms with Crippen LogP contribution in [0.2, 0.25) is 0 Å². The maximum Gasteiger partial charge on any atom is 0.393 e. The Morgan fingerprint density at radius 1 is 1.05 bits per heavy atom. The molecule has 0 radical (unpaired) electrons. The number of halogens is 4. The number of carbonyl (C=O) groups excluding carboxylic acids is 1. The van der Waals surface area contributed by atoms with Gasteiger partial charge in [0.2, 0.25) is 17.7 Å². The van der Waals surface area contributed by atoms with Crippen molar-refractivity contribution < 1.29 is 27.1 Å². The summed E-state index contributed by atoms with van der Waals surface area (Å²) in [5.74, 6) is -0.857. The fourth-order valence-electron chi connectivity index (χ4n) is 4.35. The molecule has 0 spiro atoms. The monoisotopic (exact) mass is 567 g/mol. The fraction of sp³-hybridized carbons (Fsp3) is 0.233. The number of hydrogen-bond acceptors (Lipinski definition) is 5. The number of H-pyrrole nitrogens is 1. The van der Waals surface area contributed by atoms with Gasteiger partial charge in [0.05, 0.1) is 17.3 Å². The Kier molecular flexibility index (Phi) is 9.51. The van der Waals surface area contributed by atoms with Crippen molar-refractivity contribution >= 4 is 28.0 Å². The number of rotatable bonds is 12. The van der Waals surface area contributed by atoms with E-state index < -0.39 is 24.5 Å². The molecule has 2 heterocycles. The standard InChI is InChI=1S/C30H29F4N5O2/c1-39(14-6-5-9-26(35)40)15-16-41-27-13-11-22(19-36-27)28(21-10-12-25-23(17-21)29(31)38-37-25)24(18-30(32,33)34)20-7-3-2-4-8-20/h2-5,7-13,17,19H,6,14-16,18H2,1H3,(H2,35,40)(H,37,38)/b9-5+,28-24-. The van der Waals surface area contributed by atoms with Crippen LogP contribution in [-0.4, -0.2) is 58.9 Å². The van der Waals surface area contributed by atoms with E-state index in [9.17, 15) is 22.4 Å². The number of primary amides is 1. The van der Waals surface area contributed by atoms with Crippen molar-refractivity contribution in [1.29, 1.82) is 0 Å². The molecular formula is C30H29F4N5O2. The summed E-state index contributed by atoms with van der Waals surface area (Å²) in [5, 5.41) is 6.32. The first kappa shape index (κ1) is 29.5. The number of amides is 1. The van der Waals surface area contributed by atoms with Crippen molar-refractivity contribution in [2.75, 3.05) is 26.7 Å². The van der Waals surface area contributed by atoms with Crippen LogP contribution in [0.5, 0.6) is 5.88 Å². The number of alkyl halides is 3. The van der Waals surface area contributed by atoms with Gasteiger partial charge in [-0.15, -0.1) is 0 Å². The predicted octanol–water partition coefficient (Wildman–Crippen LogP) is 5.75. The van der Waals surface area contributed by atoms with E-state index in [0.29, 0.717) is 54.2 Å². The minimum absolute atomic E-state index is 0.0313. The molecule has 7 nitrogen and oxygen atoms in total. The van der Waals surface area contributed by atoms with E-state index in [4.69, 9.17) is 10.5 Å². The van der Waals surface area contributed by atoms with Crippen molar-refractivity contribution in [3.63, 3.8) is 0 Å². The summed E-state index contributed by atoms with van der Waals surface area (Å²) in [6.07, 6.45) is -0.570. The Hall–Kier alpha value is -4.51. The summed E-state index contributed by atoms with van der Waals surface area (Å²) in [6, 6.07) is 16.2. The summed E-state index contributed by atoms with van der Waals surface area (Å²) >= 11 is 0. The van der Waals surface area contributed by atoms with E-state index >= 15 is 0 Å². The molecule has 11 heteroatoms. The number of nitrogens with two attached hydrogens (primary N) is 1. The van der Waals surface area contributed by atoms with Gasteiger partial charge in [0.15, 0.2) is 0 Å². The number of likely N-dealkylation sites (N-methyl/N-ethyl adjacent to an activating group) is 1. The number of aromatic amines is 1. The Bertz CT molecular complexity index is 1530. The van der Waals surface area contributed by atoms with Crippen molar-refractivity contribution in [2.45, 2.75) is 19.0 Å². The quantitative estimate of drug-likeness (QED) is 0.129. The lowest BCUT2D eigenvalue weighted by molar-refractivity contribution is -0.123. The lowest BCUT2D eigenvalue weighted by atomic mass is 9.88. The van der Waals surface area contributed by atoms with Gasteiger partial charge in [-0.2, -0.15) is 22.7 Å². The van der Waals surface area contributed by atoms with Crippen molar-refractivity contribution in [3.05, 3.63) is 102 Å². The van der Waals surface area contributed by atoms with Crippen molar-refractivity contribution in [3.8, 4) is 5.88 Å². The lowest BCUT2D eigenvalue weighted by Crippen LogP contribution is -2.25. The molecule has 4 aromatic rings. The second kappa shape index (κ2) is 13.2. The molecule has 0 saturated carbocycles. The molecule has 4 rings (SSSR count). The molecule has 0 aliphatic rings. The second-order valence-electron chi connectivity index (χ2n) is 9.41. The van der Waals surface area contributed by atoms with Crippen LogP contribution in [0.4, 0.5) is 17.6 Å². The number of aromatic nitrogens is 3. The first-order valence-electron chi connectivity index (χ1n) is 12.8. The summed E-state index contributed by atoms with van der Waals surface area (Å²) < 4.78 is 61.8. The zero-order chi connectivity index (χ0) is 29.4. The highest BCUT2D eigenvalue weighted by Crippen LogP contribution is 2.40. The van der Waals surface area contributed by atoms with Crippen LogP contribution >= 0.6 is 0 Å². The number of fused-ring (bicyclic) bond motifs is 1. The van der Waals surface area contributed by atoms with Crippen molar-refractivity contribution in [1.82, 2.24) is 20.1 Å². The molecule has 1 amide bonds. The van der Waals surface area contributed by atoms with E-state index in [2.05, 4.69) is 15.2 Å². The average molecular weight is 568 g/mol. The van der Waals surface area contributed by atoms with Crippen molar-refractivity contribution in [2.24, 2.45) is 5.73 Å². The highest BCUT2D eigenvalue weighted by Gasteiger charge is 2.31. The van der Waals surface area contributed by atoms with Gasteiger partial charge in [0.25, 0.3) is 0 Å². The molecular weight excluding hydrogens is 538 g/mol.